The normalized spacial score (nSPS) is 19.3. The van der Waals surface area contributed by atoms with E-state index >= 15 is 0 Å². The third kappa shape index (κ3) is 5.22. The Balaban J connectivity index is 1.35. The van der Waals surface area contributed by atoms with Crippen LogP contribution in [-0.4, -0.2) is 59.2 Å². The summed E-state index contributed by atoms with van der Waals surface area (Å²) in [6, 6.07) is 5.57. The number of amides is 2. The number of carbonyl (C=O) groups is 2. The summed E-state index contributed by atoms with van der Waals surface area (Å²) < 4.78 is 47.4. The van der Waals surface area contributed by atoms with E-state index in [9.17, 15) is 22.8 Å². The van der Waals surface area contributed by atoms with Crippen molar-refractivity contribution in [3.05, 3.63) is 35.7 Å². The molecule has 0 bridgehead atoms. The number of rotatable bonds is 6. The maximum atomic E-state index is 12.6. The van der Waals surface area contributed by atoms with E-state index in [0.29, 0.717) is 37.7 Å². The topological polar surface area (TPSA) is 97.6 Å². The number of hydrogen-bond acceptors (Lipinski definition) is 6. The number of morpholine rings is 1. The molecule has 166 valence electrons. The predicted molar refractivity (Wildman–Crippen MR) is 101 cm³/mol. The van der Waals surface area contributed by atoms with Crippen molar-refractivity contribution in [2.45, 2.75) is 31.5 Å². The monoisotopic (exact) mass is 438 g/mol. The first-order chi connectivity index (χ1) is 14.8. The van der Waals surface area contributed by atoms with E-state index in [2.05, 4.69) is 20.0 Å². The van der Waals surface area contributed by atoms with Crippen molar-refractivity contribution >= 4 is 11.8 Å². The number of ether oxygens (including phenoxy) is 1. The molecule has 1 N–H and O–H groups in total. The zero-order valence-electron chi connectivity index (χ0n) is 16.5. The lowest BCUT2D eigenvalue weighted by molar-refractivity contribution is -0.159. The first-order valence-electron chi connectivity index (χ1n) is 9.98. The maximum Gasteiger partial charge on any atom is 0.471 e. The van der Waals surface area contributed by atoms with Crippen LogP contribution < -0.4 is 5.32 Å². The second-order valence-electron chi connectivity index (χ2n) is 7.67. The van der Waals surface area contributed by atoms with Gasteiger partial charge in [-0.3, -0.25) is 9.59 Å². The minimum Gasteiger partial charge on any atom is -0.377 e. The molecule has 2 heterocycles. The summed E-state index contributed by atoms with van der Waals surface area (Å²) in [5.41, 5.74) is 0.601. The van der Waals surface area contributed by atoms with Gasteiger partial charge in [0.1, 0.15) is 0 Å². The number of nitrogens with one attached hydrogen (secondary N) is 1. The molecule has 1 saturated carbocycles. The fourth-order valence-electron chi connectivity index (χ4n) is 3.38. The molecule has 1 aliphatic carbocycles. The molecular formula is C20H21F3N4O4. The zero-order valence-corrected chi connectivity index (χ0v) is 16.5. The summed E-state index contributed by atoms with van der Waals surface area (Å²) in [6.45, 7) is 1.59. The van der Waals surface area contributed by atoms with Crippen LogP contribution in [0.1, 0.15) is 35.5 Å². The Hall–Kier alpha value is -2.95. The van der Waals surface area contributed by atoms with Gasteiger partial charge in [0.15, 0.2) is 0 Å². The van der Waals surface area contributed by atoms with Gasteiger partial charge in [0.25, 0.3) is 5.91 Å². The number of benzene rings is 1. The Kier molecular flexibility index (Phi) is 5.94. The molecule has 8 nitrogen and oxygen atoms in total. The van der Waals surface area contributed by atoms with Crippen molar-refractivity contribution in [2.24, 2.45) is 5.92 Å². The van der Waals surface area contributed by atoms with Gasteiger partial charge >= 0.3 is 12.1 Å². The van der Waals surface area contributed by atoms with Crippen LogP contribution in [0.3, 0.4) is 0 Å². The largest absolute Gasteiger partial charge is 0.471 e. The van der Waals surface area contributed by atoms with Gasteiger partial charge in [0, 0.05) is 30.6 Å². The van der Waals surface area contributed by atoms with Gasteiger partial charge in [-0.1, -0.05) is 17.3 Å². The van der Waals surface area contributed by atoms with E-state index in [1.54, 1.807) is 4.90 Å². The number of carbonyl (C=O) groups excluding carboxylic acids is 2. The van der Waals surface area contributed by atoms with Crippen LogP contribution >= 0.6 is 0 Å². The molecule has 1 aromatic carbocycles. The fraction of sp³-hybridized carbons (Fsp3) is 0.500. The zero-order chi connectivity index (χ0) is 22.0. The molecule has 0 spiro atoms. The Morgan fingerprint density at radius 3 is 2.58 bits per heavy atom. The molecular weight excluding hydrogens is 417 g/mol. The Morgan fingerprint density at radius 1 is 1.19 bits per heavy atom. The van der Waals surface area contributed by atoms with Crippen molar-refractivity contribution in [1.82, 2.24) is 20.4 Å². The van der Waals surface area contributed by atoms with Gasteiger partial charge in [-0.15, -0.1) is 0 Å². The lowest BCUT2D eigenvalue weighted by Crippen LogP contribution is -2.53. The molecule has 1 atom stereocenters. The molecule has 1 aliphatic heterocycles. The molecule has 1 aromatic heterocycles. The predicted octanol–water partition coefficient (Wildman–Crippen LogP) is 2.51. The van der Waals surface area contributed by atoms with Crippen LogP contribution in [-0.2, 0) is 15.7 Å². The summed E-state index contributed by atoms with van der Waals surface area (Å²) in [5, 5.41) is 6.11. The molecule has 11 heteroatoms. The van der Waals surface area contributed by atoms with Crippen LogP contribution in [0.15, 0.2) is 28.8 Å². The minimum atomic E-state index is -4.72. The van der Waals surface area contributed by atoms with Crippen LogP contribution in [0.2, 0.25) is 0 Å². The van der Waals surface area contributed by atoms with Crippen molar-refractivity contribution in [3.8, 4) is 11.4 Å². The third-order valence-electron chi connectivity index (χ3n) is 5.28. The van der Waals surface area contributed by atoms with Gasteiger partial charge in [0.05, 0.1) is 19.3 Å². The first-order valence-corrected chi connectivity index (χ1v) is 9.98. The van der Waals surface area contributed by atoms with E-state index in [1.165, 1.54) is 24.3 Å². The number of halogens is 3. The summed E-state index contributed by atoms with van der Waals surface area (Å²) in [7, 11) is 0. The van der Waals surface area contributed by atoms with Gasteiger partial charge in [-0.2, -0.15) is 18.2 Å². The molecule has 0 radical (unpaired) electrons. The molecule has 31 heavy (non-hydrogen) atoms. The molecule has 2 aliphatic rings. The molecule has 2 fully saturated rings. The van der Waals surface area contributed by atoms with E-state index in [0.717, 1.165) is 12.8 Å². The molecule has 4 rings (SSSR count). The maximum absolute atomic E-state index is 12.6. The Labute approximate surface area is 175 Å². The van der Waals surface area contributed by atoms with Crippen molar-refractivity contribution in [1.29, 1.82) is 0 Å². The van der Waals surface area contributed by atoms with Gasteiger partial charge in [0.2, 0.25) is 11.7 Å². The lowest BCUT2D eigenvalue weighted by atomic mass is 10.1. The van der Waals surface area contributed by atoms with Gasteiger partial charge < -0.3 is 19.5 Å². The third-order valence-corrected chi connectivity index (χ3v) is 5.28. The highest BCUT2D eigenvalue weighted by Gasteiger charge is 2.38. The van der Waals surface area contributed by atoms with Gasteiger partial charge in [-0.05, 0) is 30.9 Å². The van der Waals surface area contributed by atoms with Crippen molar-refractivity contribution < 1.29 is 32.0 Å². The summed E-state index contributed by atoms with van der Waals surface area (Å²) in [5.74, 6) is -1.44. The first kappa shape index (κ1) is 21.3. The van der Waals surface area contributed by atoms with Crippen molar-refractivity contribution in [3.63, 3.8) is 0 Å². The SMILES string of the molecule is O=C(NCC1COCCN1C(=O)CC1CC1)c1ccc(-c2noc(C(F)(F)F)n2)cc1. The van der Waals surface area contributed by atoms with Crippen LogP contribution in [0.25, 0.3) is 11.4 Å². The number of nitrogens with zero attached hydrogens (tertiary/aromatic N) is 3. The fourth-order valence-corrected chi connectivity index (χ4v) is 3.38. The lowest BCUT2D eigenvalue weighted by Gasteiger charge is -2.35. The average Bonchev–Trinajstić information content (AvgIpc) is 3.41. The summed E-state index contributed by atoms with van der Waals surface area (Å²) in [4.78, 5) is 30.1. The molecule has 1 unspecified atom stereocenters. The quantitative estimate of drug-likeness (QED) is 0.745. The van der Waals surface area contributed by atoms with Crippen LogP contribution in [0.4, 0.5) is 13.2 Å². The highest BCUT2D eigenvalue weighted by atomic mass is 19.4. The van der Waals surface area contributed by atoms with Crippen LogP contribution in [0, 0.1) is 5.92 Å². The van der Waals surface area contributed by atoms with E-state index in [-0.39, 0.29) is 35.8 Å². The molecule has 2 aromatic rings. The second kappa shape index (κ2) is 8.66. The summed E-state index contributed by atoms with van der Waals surface area (Å²) in [6.07, 6.45) is -2.00. The van der Waals surface area contributed by atoms with Crippen LogP contribution in [0.5, 0.6) is 0 Å². The molecule has 1 saturated heterocycles. The van der Waals surface area contributed by atoms with E-state index in [1.807, 2.05) is 0 Å². The Bertz CT molecular complexity index is 941. The second-order valence-corrected chi connectivity index (χ2v) is 7.67. The number of hydrogen-bond donors (Lipinski definition) is 1. The van der Waals surface area contributed by atoms with Crippen molar-refractivity contribution in [2.75, 3.05) is 26.3 Å². The molecule has 2 amide bonds. The van der Waals surface area contributed by atoms with Gasteiger partial charge in [-0.25, -0.2) is 0 Å². The summed E-state index contributed by atoms with van der Waals surface area (Å²) >= 11 is 0. The van der Waals surface area contributed by atoms with E-state index in [4.69, 9.17) is 4.74 Å². The Morgan fingerprint density at radius 2 is 1.94 bits per heavy atom. The highest BCUT2D eigenvalue weighted by molar-refractivity contribution is 5.94. The minimum absolute atomic E-state index is 0.0905. The standard InChI is InChI=1S/C20H21F3N4O4/c21-20(22,23)19-25-17(26-31-19)13-3-5-14(6-4-13)18(29)24-10-15-11-30-8-7-27(15)16(28)9-12-1-2-12/h3-6,12,15H,1-2,7-11H2,(H,24,29). The number of aromatic nitrogens is 2. The number of alkyl halides is 3. The average molecular weight is 438 g/mol. The smallest absolute Gasteiger partial charge is 0.377 e. The van der Waals surface area contributed by atoms with E-state index < -0.39 is 12.1 Å². The highest BCUT2D eigenvalue weighted by Crippen LogP contribution is 2.33.